The third-order valence-corrected chi connectivity index (χ3v) is 4.86. The van der Waals surface area contributed by atoms with E-state index in [1.165, 1.54) is 11.3 Å². The summed E-state index contributed by atoms with van der Waals surface area (Å²) in [6.07, 6.45) is -0.679. The lowest BCUT2D eigenvalue weighted by Crippen LogP contribution is -2.40. The van der Waals surface area contributed by atoms with Crippen LogP contribution in [0, 0.1) is 6.92 Å². The number of anilines is 1. The fourth-order valence-corrected chi connectivity index (χ4v) is 3.55. The van der Waals surface area contributed by atoms with Crippen LogP contribution in [0.3, 0.4) is 0 Å². The summed E-state index contributed by atoms with van der Waals surface area (Å²) in [5, 5.41) is 10.6. The van der Waals surface area contributed by atoms with Crippen LogP contribution in [0.2, 0.25) is 0 Å². The molecule has 0 radical (unpaired) electrons. The number of fused-ring (bicyclic) bond motifs is 1. The van der Waals surface area contributed by atoms with Crippen molar-refractivity contribution < 1.29 is 27.8 Å². The lowest BCUT2D eigenvalue weighted by Gasteiger charge is -2.33. The number of nitrogens with one attached hydrogen (secondary N) is 1. The molecular weight excluding hydrogens is 389 g/mol. The zero-order valence-electron chi connectivity index (χ0n) is 17.1. The van der Waals surface area contributed by atoms with E-state index in [0.717, 1.165) is 63.6 Å². The Balaban J connectivity index is 0.000000370. The summed E-state index contributed by atoms with van der Waals surface area (Å²) in [6.45, 7) is 10.4. The molecule has 1 aromatic rings. The predicted octanol–water partition coefficient (Wildman–Crippen LogP) is 2.82. The minimum absolute atomic E-state index is 0.397. The van der Waals surface area contributed by atoms with Crippen LogP contribution in [0.1, 0.15) is 43.8 Å². The molecule has 29 heavy (non-hydrogen) atoms. The van der Waals surface area contributed by atoms with Crippen molar-refractivity contribution in [3.8, 4) is 0 Å². The van der Waals surface area contributed by atoms with Gasteiger partial charge in [0.05, 0.1) is 5.69 Å². The largest absolute Gasteiger partial charge is 0.490 e. The highest BCUT2D eigenvalue weighted by Gasteiger charge is 2.38. The van der Waals surface area contributed by atoms with Crippen molar-refractivity contribution in [1.29, 1.82) is 0 Å². The van der Waals surface area contributed by atoms with Gasteiger partial charge in [-0.05, 0) is 40.0 Å². The van der Waals surface area contributed by atoms with Crippen molar-refractivity contribution in [1.82, 2.24) is 14.9 Å². The van der Waals surface area contributed by atoms with E-state index in [4.69, 9.17) is 19.6 Å². The molecule has 0 aromatic carbocycles. The van der Waals surface area contributed by atoms with Crippen molar-refractivity contribution >= 4 is 11.8 Å². The quantitative estimate of drug-likeness (QED) is 0.780. The van der Waals surface area contributed by atoms with Crippen molar-refractivity contribution in [2.45, 2.75) is 64.7 Å². The van der Waals surface area contributed by atoms with E-state index in [1.807, 2.05) is 6.92 Å². The molecule has 0 spiro atoms. The van der Waals surface area contributed by atoms with Crippen LogP contribution in [-0.4, -0.2) is 70.5 Å². The topological polar surface area (TPSA) is 87.6 Å². The van der Waals surface area contributed by atoms with Gasteiger partial charge in [-0.25, -0.2) is 14.8 Å². The van der Waals surface area contributed by atoms with Crippen molar-refractivity contribution in [3.05, 3.63) is 17.1 Å². The summed E-state index contributed by atoms with van der Waals surface area (Å²) in [7, 11) is 0. The molecule has 3 rings (SSSR count). The van der Waals surface area contributed by atoms with Crippen LogP contribution < -0.4 is 5.32 Å². The number of carboxylic acid groups (broad SMARTS) is 1. The first-order chi connectivity index (χ1) is 13.6. The minimum Gasteiger partial charge on any atom is -0.475 e. The van der Waals surface area contributed by atoms with Gasteiger partial charge in [-0.3, -0.25) is 4.90 Å². The molecule has 0 saturated carbocycles. The summed E-state index contributed by atoms with van der Waals surface area (Å²) in [5.41, 5.74) is 2.57. The van der Waals surface area contributed by atoms with E-state index in [1.54, 1.807) is 0 Å². The molecule has 0 bridgehead atoms. The number of hydrogen-bond donors (Lipinski definition) is 2. The summed E-state index contributed by atoms with van der Waals surface area (Å²) in [6, 6.07) is 1.08. The zero-order valence-corrected chi connectivity index (χ0v) is 17.1. The maximum Gasteiger partial charge on any atom is 0.490 e. The summed E-state index contributed by atoms with van der Waals surface area (Å²) in [4.78, 5) is 20.9. The van der Waals surface area contributed by atoms with E-state index in [0.29, 0.717) is 12.1 Å². The Bertz CT molecular complexity index is 692. The fourth-order valence-electron chi connectivity index (χ4n) is 3.55. The molecule has 7 nitrogen and oxygen atoms in total. The highest BCUT2D eigenvalue weighted by molar-refractivity contribution is 5.73. The van der Waals surface area contributed by atoms with E-state index in [9.17, 15) is 13.2 Å². The first-order valence-electron chi connectivity index (χ1n) is 9.82. The second-order valence-electron chi connectivity index (χ2n) is 7.53. The molecule has 2 N–H and O–H groups in total. The van der Waals surface area contributed by atoms with Crippen LogP contribution >= 0.6 is 0 Å². The Labute approximate surface area is 168 Å². The summed E-state index contributed by atoms with van der Waals surface area (Å²) < 4.78 is 37.2. The second-order valence-corrected chi connectivity index (χ2v) is 7.53. The zero-order chi connectivity index (χ0) is 21.6. The Morgan fingerprint density at radius 1 is 1.21 bits per heavy atom. The van der Waals surface area contributed by atoms with Crippen molar-refractivity contribution in [2.24, 2.45) is 0 Å². The van der Waals surface area contributed by atoms with Gasteiger partial charge in [-0.15, -0.1) is 0 Å². The monoisotopic (exact) mass is 418 g/mol. The van der Waals surface area contributed by atoms with Gasteiger partial charge < -0.3 is 15.2 Å². The fraction of sp³-hybridized carbons (Fsp3) is 0.737. The molecule has 0 aliphatic carbocycles. The molecule has 164 valence electrons. The molecule has 0 atom stereocenters. The smallest absolute Gasteiger partial charge is 0.475 e. The van der Waals surface area contributed by atoms with Gasteiger partial charge in [-0.2, -0.15) is 13.2 Å². The molecule has 0 unspecified atom stereocenters. The van der Waals surface area contributed by atoms with Crippen LogP contribution in [0.4, 0.5) is 19.0 Å². The number of alkyl halides is 3. The van der Waals surface area contributed by atoms with Crippen LogP contribution in [0.5, 0.6) is 0 Å². The highest BCUT2D eigenvalue weighted by atomic mass is 19.4. The number of halogens is 3. The molecule has 3 heterocycles. The molecule has 1 saturated heterocycles. The lowest BCUT2D eigenvalue weighted by molar-refractivity contribution is -0.192. The maximum absolute atomic E-state index is 10.6. The summed E-state index contributed by atoms with van der Waals surface area (Å²) in [5.74, 6) is -0.833. The van der Waals surface area contributed by atoms with Gasteiger partial charge in [0, 0.05) is 50.4 Å². The third-order valence-electron chi connectivity index (χ3n) is 4.86. The average Bonchev–Trinajstić information content (AvgIpc) is 2.84. The van der Waals surface area contributed by atoms with E-state index in [-0.39, 0.29) is 0 Å². The lowest BCUT2D eigenvalue weighted by atomic mass is 10.1. The maximum atomic E-state index is 10.6. The van der Waals surface area contributed by atoms with E-state index >= 15 is 0 Å². The van der Waals surface area contributed by atoms with Gasteiger partial charge in [0.25, 0.3) is 0 Å². The molecule has 0 amide bonds. The van der Waals surface area contributed by atoms with Gasteiger partial charge in [0.1, 0.15) is 11.6 Å². The SMILES string of the molecule is Cc1nc2c(c(NC(C)C)n1)CCN(C1CCOCC1)CC2.O=C(O)C(F)(F)F. The Kier molecular flexibility index (Phi) is 8.21. The van der Waals surface area contributed by atoms with Crippen LogP contribution in [-0.2, 0) is 22.4 Å². The number of aromatic nitrogens is 2. The van der Waals surface area contributed by atoms with Crippen LogP contribution in [0.15, 0.2) is 0 Å². The van der Waals surface area contributed by atoms with Crippen molar-refractivity contribution in [3.63, 3.8) is 0 Å². The van der Waals surface area contributed by atoms with Gasteiger partial charge >= 0.3 is 12.1 Å². The second kappa shape index (κ2) is 10.2. The molecule has 1 fully saturated rings. The van der Waals surface area contributed by atoms with Crippen molar-refractivity contribution in [2.75, 3.05) is 31.6 Å². The Morgan fingerprint density at radius 3 is 2.34 bits per heavy atom. The van der Waals surface area contributed by atoms with E-state index in [2.05, 4.69) is 29.0 Å². The third kappa shape index (κ3) is 7.11. The Morgan fingerprint density at radius 2 is 1.79 bits per heavy atom. The normalized spacial score (nSPS) is 18.4. The average molecular weight is 418 g/mol. The number of carboxylic acids is 1. The van der Waals surface area contributed by atoms with Crippen LogP contribution in [0.25, 0.3) is 0 Å². The van der Waals surface area contributed by atoms with E-state index < -0.39 is 12.1 Å². The minimum atomic E-state index is -5.08. The van der Waals surface area contributed by atoms with Gasteiger partial charge in [0.2, 0.25) is 0 Å². The first-order valence-corrected chi connectivity index (χ1v) is 9.82. The van der Waals surface area contributed by atoms with Gasteiger partial charge in [-0.1, -0.05) is 0 Å². The number of rotatable bonds is 3. The molecule has 2 aliphatic heterocycles. The van der Waals surface area contributed by atoms with Gasteiger partial charge in [0.15, 0.2) is 0 Å². The number of hydrogen-bond acceptors (Lipinski definition) is 6. The number of carbonyl (C=O) groups is 1. The summed E-state index contributed by atoms with van der Waals surface area (Å²) >= 11 is 0. The predicted molar refractivity (Wildman–Crippen MR) is 102 cm³/mol. The standard InChI is InChI=1S/C17H28N4O.C2HF3O2/c1-12(2)18-17-15-4-8-21(14-6-10-22-11-7-14)9-5-16(15)19-13(3)20-17;3-2(4,5)1(6)7/h12,14H,4-11H2,1-3H3,(H,18,19,20);(H,6,7). The first kappa shape index (κ1) is 23.3. The molecule has 1 aromatic heterocycles. The molecular formula is C19H29F3N4O3. The molecule has 10 heteroatoms. The number of aliphatic carboxylic acids is 1. The number of aryl methyl sites for hydroxylation is 1. The number of nitrogens with zero attached hydrogens (tertiary/aromatic N) is 3. The highest BCUT2D eigenvalue weighted by Crippen LogP contribution is 2.24. The molecule has 2 aliphatic rings. The Hall–Kier alpha value is -1.94. The number of ether oxygens (including phenoxy) is 1.